The predicted molar refractivity (Wildman–Crippen MR) is 110 cm³/mol. The van der Waals surface area contributed by atoms with Gasteiger partial charge >= 0.3 is 5.97 Å². The van der Waals surface area contributed by atoms with Crippen molar-refractivity contribution in [2.75, 3.05) is 49.6 Å². The molecular weight excluding hydrogens is 354 g/mol. The second-order valence-corrected chi connectivity index (χ2v) is 8.22. The summed E-state index contributed by atoms with van der Waals surface area (Å²) in [5.74, 6) is 0.273. The highest BCUT2D eigenvalue weighted by molar-refractivity contribution is 5.95. The number of likely N-dealkylation sites (tertiary alicyclic amines) is 1. The molecule has 28 heavy (non-hydrogen) atoms. The van der Waals surface area contributed by atoms with Gasteiger partial charge in [-0.2, -0.15) is 0 Å². The van der Waals surface area contributed by atoms with E-state index in [1.165, 1.54) is 12.8 Å². The van der Waals surface area contributed by atoms with E-state index < -0.39 is 0 Å². The summed E-state index contributed by atoms with van der Waals surface area (Å²) in [5, 5.41) is 0. The van der Waals surface area contributed by atoms with Gasteiger partial charge < -0.3 is 19.4 Å². The zero-order valence-electron chi connectivity index (χ0n) is 16.8. The third-order valence-corrected chi connectivity index (χ3v) is 6.62. The second kappa shape index (κ2) is 8.52. The largest absolute Gasteiger partial charge is 0.469 e. The minimum absolute atomic E-state index is 0.0502. The molecule has 1 amide bonds. The van der Waals surface area contributed by atoms with Gasteiger partial charge in [0.2, 0.25) is 5.91 Å². The molecular formula is C22H31N3O3. The van der Waals surface area contributed by atoms with Gasteiger partial charge in [0.25, 0.3) is 0 Å². The van der Waals surface area contributed by atoms with Crippen LogP contribution < -0.4 is 9.80 Å². The maximum atomic E-state index is 12.0. The number of hydrogen-bond donors (Lipinski definition) is 0. The molecule has 3 fully saturated rings. The number of piperidine rings is 2. The van der Waals surface area contributed by atoms with Crippen molar-refractivity contribution in [3.05, 3.63) is 24.3 Å². The van der Waals surface area contributed by atoms with E-state index in [0.29, 0.717) is 12.5 Å². The Hall–Kier alpha value is -2.08. The van der Waals surface area contributed by atoms with E-state index in [1.807, 2.05) is 11.0 Å². The molecule has 0 bridgehead atoms. The molecule has 0 atom stereocenters. The van der Waals surface area contributed by atoms with Crippen molar-refractivity contribution in [3.8, 4) is 0 Å². The van der Waals surface area contributed by atoms with Gasteiger partial charge in [0, 0.05) is 43.5 Å². The van der Waals surface area contributed by atoms with Gasteiger partial charge in [0.05, 0.1) is 13.0 Å². The van der Waals surface area contributed by atoms with Crippen molar-refractivity contribution in [3.63, 3.8) is 0 Å². The summed E-state index contributed by atoms with van der Waals surface area (Å²) in [4.78, 5) is 30.7. The number of nitrogens with zero attached hydrogens (tertiary/aromatic N) is 3. The van der Waals surface area contributed by atoms with Crippen molar-refractivity contribution >= 4 is 23.3 Å². The Kier molecular flexibility index (Phi) is 5.85. The van der Waals surface area contributed by atoms with Gasteiger partial charge in [-0.25, -0.2) is 0 Å². The van der Waals surface area contributed by atoms with Crippen LogP contribution in [0.4, 0.5) is 11.4 Å². The van der Waals surface area contributed by atoms with Crippen molar-refractivity contribution in [2.24, 2.45) is 5.92 Å². The summed E-state index contributed by atoms with van der Waals surface area (Å²) in [5.41, 5.74) is 2.26. The number of carbonyl (C=O) groups excluding carboxylic acids is 2. The Morgan fingerprint density at radius 3 is 2.36 bits per heavy atom. The highest BCUT2D eigenvalue weighted by Gasteiger charge is 2.31. The lowest BCUT2D eigenvalue weighted by molar-refractivity contribution is -0.147. The minimum atomic E-state index is -0.0502. The number of anilines is 2. The topological polar surface area (TPSA) is 53.1 Å². The number of carbonyl (C=O) groups is 2. The lowest BCUT2D eigenvalue weighted by Gasteiger charge is -2.42. The van der Waals surface area contributed by atoms with Crippen LogP contribution in [-0.2, 0) is 14.3 Å². The first-order valence-electron chi connectivity index (χ1n) is 10.6. The summed E-state index contributed by atoms with van der Waals surface area (Å²) >= 11 is 0. The van der Waals surface area contributed by atoms with E-state index >= 15 is 0 Å². The monoisotopic (exact) mass is 385 g/mol. The maximum absolute atomic E-state index is 12.0. The summed E-state index contributed by atoms with van der Waals surface area (Å²) in [6.07, 6.45) is 5.76. The van der Waals surface area contributed by atoms with Gasteiger partial charge in [0.15, 0.2) is 0 Å². The molecule has 0 radical (unpaired) electrons. The van der Waals surface area contributed by atoms with E-state index in [9.17, 15) is 9.59 Å². The molecule has 0 spiro atoms. The van der Waals surface area contributed by atoms with Crippen molar-refractivity contribution in [1.29, 1.82) is 0 Å². The molecule has 0 aliphatic carbocycles. The highest BCUT2D eigenvalue weighted by atomic mass is 16.5. The van der Waals surface area contributed by atoms with Crippen LogP contribution in [0.1, 0.15) is 38.5 Å². The summed E-state index contributed by atoms with van der Waals surface area (Å²) in [6.45, 7) is 4.91. The Bertz CT molecular complexity index is 707. The van der Waals surface area contributed by atoms with Gasteiger partial charge in [0.1, 0.15) is 0 Å². The Morgan fingerprint density at radius 1 is 1.00 bits per heavy atom. The SMILES string of the molecule is COC(=O)C1CCN(C2CCN(c3cccc(N4CCCC4=O)c3)CC2)CC1. The zero-order chi connectivity index (χ0) is 19.5. The average molecular weight is 386 g/mol. The van der Waals surface area contributed by atoms with Crippen LogP contribution >= 0.6 is 0 Å². The molecule has 0 saturated carbocycles. The molecule has 1 aromatic rings. The molecule has 0 unspecified atom stereocenters. The fraction of sp³-hybridized carbons (Fsp3) is 0.636. The average Bonchev–Trinajstić information content (AvgIpc) is 3.19. The molecule has 4 rings (SSSR count). The lowest BCUT2D eigenvalue weighted by Crippen LogP contribution is -2.48. The molecule has 3 heterocycles. The first-order chi connectivity index (χ1) is 13.7. The molecule has 6 heteroatoms. The summed E-state index contributed by atoms with van der Waals surface area (Å²) in [7, 11) is 1.49. The second-order valence-electron chi connectivity index (χ2n) is 8.22. The lowest BCUT2D eigenvalue weighted by atomic mass is 9.93. The van der Waals surface area contributed by atoms with Crippen molar-refractivity contribution in [2.45, 2.75) is 44.6 Å². The van der Waals surface area contributed by atoms with Gasteiger partial charge in [-0.3, -0.25) is 9.59 Å². The quantitative estimate of drug-likeness (QED) is 0.746. The Labute approximate surface area is 167 Å². The normalized spacial score (nSPS) is 22.7. The number of amides is 1. The van der Waals surface area contributed by atoms with Gasteiger partial charge in [-0.05, 0) is 63.4 Å². The van der Waals surface area contributed by atoms with E-state index in [1.54, 1.807) is 0 Å². The summed E-state index contributed by atoms with van der Waals surface area (Å²) < 4.78 is 4.90. The van der Waals surface area contributed by atoms with Gasteiger partial charge in [-0.15, -0.1) is 0 Å². The zero-order valence-corrected chi connectivity index (χ0v) is 16.8. The van der Waals surface area contributed by atoms with Crippen LogP contribution in [0.15, 0.2) is 24.3 Å². The number of hydrogen-bond acceptors (Lipinski definition) is 5. The highest BCUT2D eigenvalue weighted by Crippen LogP contribution is 2.30. The third-order valence-electron chi connectivity index (χ3n) is 6.62. The molecule has 3 aliphatic heterocycles. The van der Waals surface area contributed by atoms with E-state index in [0.717, 1.165) is 70.5 Å². The van der Waals surface area contributed by atoms with Crippen LogP contribution in [-0.4, -0.2) is 62.7 Å². The number of esters is 1. The molecule has 0 aromatic heterocycles. The fourth-order valence-corrected chi connectivity index (χ4v) is 4.93. The van der Waals surface area contributed by atoms with Crippen LogP contribution in [0.5, 0.6) is 0 Å². The first-order valence-corrected chi connectivity index (χ1v) is 10.6. The fourth-order valence-electron chi connectivity index (χ4n) is 4.93. The Morgan fingerprint density at radius 2 is 1.71 bits per heavy atom. The van der Waals surface area contributed by atoms with Crippen LogP contribution in [0, 0.1) is 5.92 Å². The van der Waals surface area contributed by atoms with Crippen LogP contribution in [0.25, 0.3) is 0 Å². The summed E-state index contributed by atoms with van der Waals surface area (Å²) in [6, 6.07) is 9.06. The molecule has 3 aliphatic rings. The minimum Gasteiger partial charge on any atom is -0.469 e. The molecule has 6 nitrogen and oxygen atoms in total. The van der Waals surface area contributed by atoms with E-state index in [4.69, 9.17) is 4.74 Å². The maximum Gasteiger partial charge on any atom is 0.308 e. The van der Waals surface area contributed by atoms with Crippen molar-refractivity contribution < 1.29 is 14.3 Å². The first kappa shape index (κ1) is 19.2. The smallest absolute Gasteiger partial charge is 0.308 e. The Balaban J connectivity index is 1.31. The number of ether oxygens (including phenoxy) is 1. The molecule has 3 saturated heterocycles. The van der Waals surface area contributed by atoms with Crippen molar-refractivity contribution in [1.82, 2.24) is 4.90 Å². The molecule has 152 valence electrons. The molecule has 0 N–H and O–H groups in total. The standard InChI is InChI=1S/C22H31N3O3/c1-28-22(27)17-7-12-23(13-8-17)18-9-14-24(15-10-18)19-4-2-5-20(16-19)25-11-3-6-21(25)26/h2,4-5,16-18H,3,6-15H2,1H3. The number of benzene rings is 1. The van der Waals surface area contributed by atoms with Crippen LogP contribution in [0.3, 0.4) is 0 Å². The van der Waals surface area contributed by atoms with Gasteiger partial charge in [-0.1, -0.05) is 6.07 Å². The van der Waals surface area contributed by atoms with E-state index in [2.05, 4.69) is 28.0 Å². The number of rotatable bonds is 4. The number of methoxy groups -OCH3 is 1. The third kappa shape index (κ3) is 4.02. The predicted octanol–water partition coefficient (Wildman–Crippen LogP) is 2.67. The van der Waals surface area contributed by atoms with Crippen LogP contribution in [0.2, 0.25) is 0 Å². The molecule has 1 aromatic carbocycles. The van der Waals surface area contributed by atoms with E-state index in [-0.39, 0.29) is 17.8 Å².